The molecule has 1 heterocycles. The summed E-state index contributed by atoms with van der Waals surface area (Å²) in [6, 6.07) is 5.85. The predicted molar refractivity (Wildman–Crippen MR) is 58.5 cm³/mol. The average Bonchev–Trinajstić information content (AvgIpc) is 2.74. The SMILES string of the molecule is NC1COCC1C(=O)OCc1ccccc1F. The van der Waals surface area contributed by atoms with E-state index in [0.717, 1.165) is 0 Å². The standard InChI is InChI=1S/C12H14FNO3/c13-10-4-2-1-3-8(10)5-17-12(15)9-6-16-7-11(9)14/h1-4,9,11H,5-7,14H2. The van der Waals surface area contributed by atoms with Gasteiger partial charge in [-0.3, -0.25) is 4.79 Å². The molecule has 2 rings (SSSR count). The van der Waals surface area contributed by atoms with Crippen LogP contribution in [0.4, 0.5) is 4.39 Å². The van der Waals surface area contributed by atoms with Gasteiger partial charge in [0.25, 0.3) is 0 Å². The first-order valence-electron chi connectivity index (χ1n) is 5.42. The molecule has 0 spiro atoms. The summed E-state index contributed by atoms with van der Waals surface area (Å²) >= 11 is 0. The van der Waals surface area contributed by atoms with Gasteiger partial charge in [0.15, 0.2) is 0 Å². The number of hydrogen-bond acceptors (Lipinski definition) is 4. The minimum absolute atomic E-state index is 0.0747. The van der Waals surface area contributed by atoms with E-state index < -0.39 is 11.9 Å². The Bertz CT molecular complexity index is 410. The van der Waals surface area contributed by atoms with Crippen LogP contribution in [0.3, 0.4) is 0 Å². The Hall–Kier alpha value is -1.46. The summed E-state index contributed by atoms with van der Waals surface area (Å²) in [7, 11) is 0. The van der Waals surface area contributed by atoms with Gasteiger partial charge in [0.05, 0.1) is 19.1 Å². The van der Waals surface area contributed by atoms with Crippen LogP contribution in [-0.4, -0.2) is 25.2 Å². The minimum Gasteiger partial charge on any atom is -0.460 e. The van der Waals surface area contributed by atoms with Crippen LogP contribution in [-0.2, 0) is 20.9 Å². The molecule has 2 N–H and O–H groups in total. The molecule has 0 amide bonds. The second-order valence-electron chi connectivity index (χ2n) is 4.01. The number of halogens is 1. The van der Waals surface area contributed by atoms with Crippen LogP contribution >= 0.6 is 0 Å². The number of hydrogen-bond donors (Lipinski definition) is 1. The highest BCUT2D eigenvalue weighted by Gasteiger charge is 2.32. The van der Waals surface area contributed by atoms with Crippen LogP contribution in [0, 0.1) is 11.7 Å². The second kappa shape index (κ2) is 5.25. The average molecular weight is 239 g/mol. The van der Waals surface area contributed by atoms with Crippen molar-refractivity contribution in [2.75, 3.05) is 13.2 Å². The zero-order chi connectivity index (χ0) is 12.3. The van der Waals surface area contributed by atoms with Gasteiger partial charge in [-0.2, -0.15) is 0 Å². The van der Waals surface area contributed by atoms with E-state index in [2.05, 4.69) is 0 Å². The minimum atomic E-state index is -0.443. The van der Waals surface area contributed by atoms with Crippen LogP contribution < -0.4 is 5.73 Å². The van der Waals surface area contributed by atoms with E-state index in [1.807, 2.05) is 0 Å². The number of carbonyl (C=O) groups is 1. The van der Waals surface area contributed by atoms with Crippen molar-refractivity contribution in [1.82, 2.24) is 0 Å². The van der Waals surface area contributed by atoms with E-state index in [9.17, 15) is 9.18 Å². The summed E-state index contributed by atoms with van der Waals surface area (Å²) in [5.74, 6) is -1.26. The first-order valence-corrected chi connectivity index (χ1v) is 5.42. The van der Waals surface area contributed by atoms with Crippen molar-refractivity contribution in [3.63, 3.8) is 0 Å². The lowest BCUT2D eigenvalue weighted by atomic mass is 10.1. The summed E-state index contributed by atoms with van der Waals surface area (Å²) in [6.07, 6.45) is 0. The summed E-state index contributed by atoms with van der Waals surface area (Å²) in [4.78, 5) is 11.6. The van der Waals surface area contributed by atoms with Crippen molar-refractivity contribution in [2.45, 2.75) is 12.6 Å². The van der Waals surface area contributed by atoms with Crippen LogP contribution in [0.25, 0.3) is 0 Å². The molecule has 17 heavy (non-hydrogen) atoms. The maximum Gasteiger partial charge on any atom is 0.313 e. The van der Waals surface area contributed by atoms with Crippen molar-refractivity contribution in [3.8, 4) is 0 Å². The highest BCUT2D eigenvalue weighted by atomic mass is 19.1. The summed E-state index contributed by atoms with van der Waals surface area (Å²) < 4.78 is 23.3. The molecule has 0 aromatic heterocycles. The van der Waals surface area contributed by atoms with Crippen molar-refractivity contribution in [3.05, 3.63) is 35.6 Å². The third-order valence-corrected chi connectivity index (χ3v) is 2.76. The lowest BCUT2D eigenvalue weighted by Gasteiger charge is -2.12. The molecule has 1 aromatic carbocycles. The Balaban J connectivity index is 1.90. The number of rotatable bonds is 3. The lowest BCUT2D eigenvalue weighted by Crippen LogP contribution is -2.35. The maximum absolute atomic E-state index is 13.3. The maximum atomic E-state index is 13.3. The van der Waals surface area contributed by atoms with Crippen molar-refractivity contribution in [1.29, 1.82) is 0 Å². The lowest BCUT2D eigenvalue weighted by molar-refractivity contribution is -0.150. The van der Waals surface area contributed by atoms with Gasteiger partial charge in [0.2, 0.25) is 0 Å². The van der Waals surface area contributed by atoms with Gasteiger partial charge in [0.1, 0.15) is 12.4 Å². The first-order chi connectivity index (χ1) is 8.18. The molecule has 0 radical (unpaired) electrons. The molecule has 0 bridgehead atoms. The monoisotopic (exact) mass is 239 g/mol. The Labute approximate surface area is 98.5 Å². The van der Waals surface area contributed by atoms with Crippen molar-refractivity contribution in [2.24, 2.45) is 11.7 Å². The van der Waals surface area contributed by atoms with Gasteiger partial charge < -0.3 is 15.2 Å². The molecule has 5 heteroatoms. The zero-order valence-electron chi connectivity index (χ0n) is 9.27. The van der Waals surface area contributed by atoms with E-state index in [0.29, 0.717) is 12.2 Å². The van der Waals surface area contributed by atoms with E-state index in [-0.39, 0.29) is 25.1 Å². The predicted octanol–water partition coefficient (Wildman–Crippen LogP) is 0.843. The molecule has 1 saturated heterocycles. The first kappa shape index (κ1) is 12.0. The second-order valence-corrected chi connectivity index (χ2v) is 4.01. The van der Waals surface area contributed by atoms with Crippen LogP contribution in [0.5, 0.6) is 0 Å². The molecule has 1 fully saturated rings. The molecule has 1 aromatic rings. The summed E-state index contributed by atoms with van der Waals surface area (Å²) in [6.45, 7) is 0.561. The summed E-state index contributed by atoms with van der Waals surface area (Å²) in [5.41, 5.74) is 6.03. The van der Waals surface area contributed by atoms with Crippen LogP contribution in [0.2, 0.25) is 0 Å². The topological polar surface area (TPSA) is 61.5 Å². The molecule has 0 saturated carbocycles. The van der Waals surface area contributed by atoms with E-state index in [1.54, 1.807) is 18.2 Å². The molecule has 2 unspecified atom stereocenters. The van der Waals surface area contributed by atoms with Gasteiger partial charge in [-0.1, -0.05) is 18.2 Å². The van der Waals surface area contributed by atoms with E-state index in [1.165, 1.54) is 6.07 Å². The van der Waals surface area contributed by atoms with Gasteiger partial charge in [-0.05, 0) is 6.07 Å². The molecule has 1 aliphatic heterocycles. The van der Waals surface area contributed by atoms with Crippen molar-refractivity contribution < 1.29 is 18.7 Å². The smallest absolute Gasteiger partial charge is 0.313 e. The third-order valence-electron chi connectivity index (χ3n) is 2.76. The fourth-order valence-corrected chi connectivity index (χ4v) is 1.69. The van der Waals surface area contributed by atoms with Crippen LogP contribution in [0.1, 0.15) is 5.56 Å². The molecular formula is C12H14FNO3. The fourth-order valence-electron chi connectivity index (χ4n) is 1.69. The quantitative estimate of drug-likeness (QED) is 0.794. The number of ether oxygens (including phenoxy) is 2. The van der Waals surface area contributed by atoms with Crippen molar-refractivity contribution >= 4 is 5.97 Å². The molecule has 4 nitrogen and oxygen atoms in total. The number of esters is 1. The Kier molecular flexibility index (Phi) is 3.71. The molecule has 1 aliphatic rings. The number of carbonyl (C=O) groups excluding carboxylic acids is 1. The fraction of sp³-hybridized carbons (Fsp3) is 0.417. The Morgan fingerprint density at radius 3 is 2.88 bits per heavy atom. The summed E-state index contributed by atoms with van der Waals surface area (Å²) in [5, 5.41) is 0. The van der Waals surface area contributed by atoms with Gasteiger partial charge in [-0.25, -0.2) is 4.39 Å². The Morgan fingerprint density at radius 2 is 2.24 bits per heavy atom. The van der Waals surface area contributed by atoms with Crippen LogP contribution in [0.15, 0.2) is 24.3 Å². The Morgan fingerprint density at radius 1 is 1.47 bits per heavy atom. The zero-order valence-corrected chi connectivity index (χ0v) is 9.27. The number of benzene rings is 1. The van der Waals surface area contributed by atoms with E-state index >= 15 is 0 Å². The molecular weight excluding hydrogens is 225 g/mol. The molecule has 92 valence electrons. The molecule has 0 aliphatic carbocycles. The third kappa shape index (κ3) is 2.81. The largest absolute Gasteiger partial charge is 0.460 e. The van der Waals surface area contributed by atoms with Gasteiger partial charge in [0, 0.05) is 11.6 Å². The highest BCUT2D eigenvalue weighted by Crippen LogP contribution is 2.15. The van der Waals surface area contributed by atoms with E-state index in [4.69, 9.17) is 15.2 Å². The van der Waals surface area contributed by atoms with Gasteiger partial charge in [-0.15, -0.1) is 0 Å². The van der Waals surface area contributed by atoms with Gasteiger partial charge >= 0.3 is 5.97 Å². The highest BCUT2D eigenvalue weighted by molar-refractivity contribution is 5.73. The molecule has 2 atom stereocenters. The number of nitrogens with two attached hydrogens (primary N) is 1. The normalized spacial score (nSPS) is 23.6.